The van der Waals surface area contributed by atoms with E-state index in [2.05, 4.69) is 15.6 Å². The summed E-state index contributed by atoms with van der Waals surface area (Å²) in [7, 11) is 1.57. The summed E-state index contributed by atoms with van der Waals surface area (Å²) in [5.41, 5.74) is 0.655. The summed E-state index contributed by atoms with van der Waals surface area (Å²) < 4.78 is 24.4. The predicted octanol–water partition coefficient (Wildman–Crippen LogP) is 3.06. The maximum atomic E-state index is 13.7. The second-order valence-electron chi connectivity index (χ2n) is 5.93. The highest BCUT2D eigenvalue weighted by Gasteiger charge is 2.09. The van der Waals surface area contributed by atoms with Crippen LogP contribution < -0.4 is 20.1 Å². The Morgan fingerprint density at radius 2 is 2.00 bits per heavy atom. The van der Waals surface area contributed by atoms with Crippen LogP contribution in [0.5, 0.6) is 17.2 Å². The number of hydrogen-bond acceptors (Lipinski definition) is 4. The number of nitrogens with one attached hydrogen (secondary N) is 2. The first kappa shape index (κ1) is 20.4. The Labute approximate surface area is 159 Å². The molecule has 3 N–H and O–H groups in total. The van der Waals surface area contributed by atoms with Crippen LogP contribution in [0.1, 0.15) is 19.4 Å². The van der Waals surface area contributed by atoms with Gasteiger partial charge in [0.2, 0.25) is 0 Å². The number of aromatic hydroxyl groups is 1. The minimum Gasteiger partial charge on any atom is -0.508 e. The molecular weight excluding hydrogens is 349 g/mol. The van der Waals surface area contributed by atoms with E-state index < -0.39 is 5.82 Å². The molecule has 27 heavy (non-hydrogen) atoms. The SMILES string of the molecule is CCNC(=NCc1cc(OC)ccc1O)NCC(C)Oc1ccccc1F. The highest BCUT2D eigenvalue weighted by Crippen LogP contribution is 2.23. The molecule has 0 aromatic heterocycles. The fourth-order valence-corrected chi connectivity index (χ4v) is 2.36. The van der Waals surface area contributed by atoms with E-state index in [0.717, 1.165) is 0 Å². The van der Waals surface area contributed by atoms with Gasteiger partial charge in [-0.1, -0.05) is 12.1 Å². The molecule has 0 aliphatic carbocycles. The van der Waals surface area contributed by atoms with Gasteiger partial charge in [0, 0.05) is 12.1 Å². The second kappa shape index (κ2) is 10.3. The number of phenols is 1. The predicted molar refractivity (Wildman–Crippen MR) is 104 cm³/mol. The average Bonchev–Trinajstić information content (AvgIpc) is 2.67. The van der Waals surface area contributed by atoms with Gasteiger partial charge < -0.3 is 25.2 Å². The van der Waals surface area contributed by atoms with Crippen molar-refractivity contribution >= 4 is 5.96 Å². The minimum atomic E-state index is -0.390. The number of ether oxygens (including phenoxy) is 2. The van der Waals surface area contributed by atoms with E-state index >= 15 is 0 Å². The van der Waals surface area contributed by atoms with Gasteiger partial charge in [-0.15, -0.1) is 0 Å². The van der Waals surface area contributed by atoms with E-state index in [-0.39, 0.29) is 24.1 Å². The lowest BCUT2D eigenvalue weighted by Crippen LogP contribution is -2.41. The first-order valence-corrected chi connectivity index (χ1v) is 8.82. The summed E-state index contributed by atoms with van der Waals surface area (Å²) in [6.45, 7) is 5.19. The number of hydrogen-bond donors (Lipinski definition) is 3. The van der Waals surface area contributed by atoms with E-state index in [1.807, 2.05) is 13.8 Å². The van der Waals surface area contributed by atoms with Crippen molar-refractivity contribution in [2.24, 2.45) is 4.99 Å². The maximum Gasteiger partial charge on any atom is 0.191 e. The topological polar surface area (TPSA) is 75.1 Å². The average molecular weight is 375 g/mol. The van der Waals surface area contributed by atoms with Crippen LogP contribution in [0.15, 0.2) is 47.5 Å². The Bertz CT molecular complexity index is 768. The fourth-order valence-electron chi connectivity index (χ4n) is 2.36. The molecule has 0 amide bonds. The van der Waals surface area contributed by atoms with Crippen molar-refractivity contribution in [3.63, 3.8) is 0 Å². The molecule has 1 unspecified atom stereocenters. The van der Waals surface area contributed by atoms with Crippen LogP contribution >= 0.6 is 0 Å². The van der Waals surface area contributed by atoms with Crippen LogP contribution in [0, 0.1) is 5.82 Å². The number of rotatable bonds is 8. The number of phenolic OH excluding ortho intramolecular Hbond substituents is 1. The monoisotopic (exact) mass is 375 g/mol. The van der Waals surface area contributed by atoms with Crippen molar-refractivity contribution < 1.29 is 19.0 Å². The van der Waals surface area contributed by atoms with Crippen LogP contribution in [0.2, 0.25) is 0 Å². The lowest BCUT2D eigenvalue weighted by molar-refractivity contribution is 0.214. The molecule has 2 aromatic carbocycles. The summed E-state index contributed by atoms with van der Waals surface area (Å²) in [6.07, 6.45) is -0.268. The number of guanidine groups is 1. The Kier molecular flexibility index (Phi) is 7.73. The van der Waals surface area contributed by atoms with Crippen LogP contribution in [0.25, 0.3) is 0 Å². The van der Waals surface area contributed by atoms with Crippen LogP contribution in [0.4, 0.5) is 4.39 Å². The van der Waals surface area contributed by atoms with Gasteiger partial charge in [-0.25, -0.2) is 9.38 Å². The number of benzene rings is 2. The summed E-state index contributed by atoms with van der Waals surface area (Å²) in [5, 5.41) is 16.2. The smallest absolute Gasteiger partial charge is 0.191 e. The molecule has 7 heteroatoms. The van der Waals surface area contributed by atoms with Crippen molar-refractivity contribution in [1.29, 1.82) is 0 Å². The molecule has 0 bridgehead atoms. The quantitative estimate of drug-likeness (QED) is 0.488. The summed E-state index contributed by atoms with van der Waals surface area (Å²) in [6, 6.07) is 11.3. The lowest BCUT2D eigenvalue weighted by atomic mass is 10.2. The van der Waals surface area contributed by atoms with Gasteiger partial charge in [0.25, 0.3) is 0 Å². The zero-order valence-corrected chi connectivity index (χ0v) is 15.8. The summed E-state index contributed by atoms with van der Waals surface area (Å²) >= 11 is 0. The van der Waals surface area contributed by atoms with Gasteiger partial charge in [0.15, 0.2) is 17.5 Å². The molecule has 6 nitrogen and oxygen atoms in total. The van der Waals surface area contributed by atoms with Crippen molar-refractivity contribution in [2.45, 2.75) is 26.5 Å². The van der Waals surface area contributed by atoms with Crippen LogP contribution in [-0.4, -0.2) is 37.4 Å². The van der Waals surface area contributed by atoms with Crippen LogP contribution in [-0.2, 0) is 6.54 Å². The minimum absolute atomic E-state index is 0.159. The highest BCUT2D eigenvalue weighted by molar-refractivity contribution is 5.79. The van der Waals surface area contributed by atoms with Gasteiger partial charge in [0.05, 0.1) is 20.2 Å². The third kappa shape index (κ3) is 6.36. The Morgan fingerprint density at radius 1 is 1.22 bits per heavy atom. The van der Waals surface area contributed by atoms with E-state index in [1.165, 1.54) is 6.07 Å². The molecule has 0 spiro atoms. The standard InChI is InChI=1S/C20H26FN3O3/c1-4-22-20(24-13-15-11-16(26-3)9-10-18(15)25)23-12-14(2)27-19-8-6-5-7-17(19)21/h5-11,14,25H,4,12-13H2,1-3H3,(H2,22,23,24). The molecule has 0 aliphatic rings. The molecule has 146 valence electrons. The molecule has 2 rings (SSSR count). The zero-order valence-electron chi connectivity index (χ0n) is 15.8. The number of para-hydroxylation sites is 1. The van der Waals surface area contributed by atoms with Gasteiger partial charge in [-0.2, -0.15) is 0 Å². The number of aliphatic imine (C=N–C) groups is 1. The Balaban J connectivity index is 1.96. The number of methoxy groups -OCH3 is 1. The lowest BCUT2D eigenvalue weighted by Gasteiger charge is -2.18. The first-order valence-electron chi connectivity index (χ1n) is 8.82. The summed E-state index contributed by atoms with van der Waals surface area (Å²) in [5.74, 6) is 1.21. The molecular formula is C20H26FN3O3. The normalized spacial score (nSPS) is 12.4. The molecule has 2 aromatic rings. The zero-order chi connectivity index (χ0) is 19.6. The van der Waals surface area contributed by atoms with E-state index in [9.17, 15) is 9.50 Å². The molecule has 0 heterocycles. The largest absolute Gasteiger partial charge is 0.508 e. The van der Waals surface area contributed by atoms with Gasteiger partial charge in [0.1, 0.15) is 17.6 Å². The van der Waals surface area contributed by atoms with Crippen molar-refractivity contribution in [3.05, 3.63) is 53.8 Å². The third-order valence-electron chi connectivity index (χ3n) is 3.76. The molecule has 0 aliphatic heterocycles. The van der Waals surface area contributed by atoms with Crippen LogP contribution in [0.3, 0.4) is 0 Å². The molecule has 0 fully saturated rings. The molecule has 0 saturated carbocycles. The second-order valence-corrected chi connectivity index (χ2v) is 5.93. The molecule has 0 saturated heterocycles. The van der Waals surface area contributed by atoms with Gasteiger partial charge in [-0.3, -0.25) is 0 Å². The Hall–Kier alpha value is -2.96. The molecule has 1 atom stereocenters. The van der Waals surface area contributed by atoms with Crippen molar-refractivity contribution in [2.75, 3.05) is 20.2 Å². The first-order chi connectivity index (χ1) is 13.0. The van der Waals surface area contributed by atoms with Crippen molar-refractivity contribution in [1.82, 2.24) is 10.6 Å². The highest BCUT2D eigenvalue weighted by atomic mass is 19.1. The summed E-state index contributed by atoms with van der Waals surface area (Å²) in [4.78, 5) is 4.47. The third-order valence-corrected chi connectivity index (χ3v) is 3.76. The number of nitrogens with zero attached hydrogens (tertiary/aromatic N) is 1. The van der Waals surface area contributed by atoms with E-state index in [4.69, 9.17) is 9.47 Å². The molecule has 0 radical (unpaired) electrons. The number of halogens is 1. The van der Waals surface area contributed by atoms with Gasteiger partial charge in [-0.05, 0) is 44.2 Å². The van der Waals surface area contributed by atoms with E-state index in [1.54, 1.807) is 43.5 Å². The Morgan fingerprint density at radius 3 is 2.70 bits per heavy atom. The van der Waals surface area contributed by atoms with Gasteiger partial charge >= 0.3 is 0 Å². The van der Waals surface area contributed by atoms with E-state index in [0.29, 0.717) is 30.4 Å². The fraction of sp³-hybridized carbons (Fsp3) is 0.350. The van der Waals surface area contributed by atoms with Crippen molar-refractivity contribution in [3.8, 4) is 17.2 Å². The maximum absolute atomic E-state index is 13.7.